The summed E-state index contributed by atoms with van der Waals surface area (Å²) in [4.78, 5) is 21.0. The molecule has 4 aromatic rings. The summed E-state index contributed by atoms with van der Waals surface area (Å²) in [6.45, 7) is 0.655. The van der Waals surface area contributed by atoms with Crippen molar-refractivity contribution in [2.24, 2.45) is 0 Å². The van der Waals surface area contributed by atoms with E-state index in [1.807, 2.05) is 48.8 Å². The molecule has 0 saturated carbocycles. The highest BCUT2D eigenvalue weighted by Gasteiger charge is 2.10. The highest BCUT2D eigenvalue weighted by molar-refractivity contribution is 5.74. The van der Waals surface area contributed by atoms with Gasteiger partial charge in [0.2, 0.25) is 0 Å². The van der Waals surface area contributed by atoms with E-state index >= 15 is 0 Å². The summed E-state index contributed by atoms with van der Waals surface area (Å²) >= 11 is 0. The third kappa shape index (κ3) is 3.88. The van der Waals surface area contributed by atoms with Crippen LogP contribution < -0.4 is 10.6 Å². The van der Waals surface area contributed by atoms with Gasteiger partial charge in [0.25, 0.3) is 0 Å². The average Bonchev–Trinajstić information content (AvgIpc) is 3.45. The van der Waals surface area contributed by atoms with Crippen LogP contribution in [0.1, 0.15) is 11.1 Å². The second-order valence-corrected chi connectivity index (χ2v) is 5.91. The smallest absolute Gasteiger partial charge is 0.315 e. The molecule has 0 radical (unpaired) electrons. The van der Waals surface area contributed by atoms with Crippen LogP contribution >= 0.6 is 0 Å². The molecular formula is C19H18N8O. The predicted octanol–water partition coefficient (Wildman–Crippen LogP) is 1.85. The number of nitrogens with zero attached hydrogens (tertiary/aromatic N) is 6. The molecule has 0 unspecified atom stereocenters. The largest absolute Gasteiger partial charge is 0.334 e. The molecule has 2 N–H and O–H groups in total. The monoisotopic (exact) mass is 374 g/mol. The summed E-state index contributed by atoms with van der Waals surface area (Å²) in [5.74, 6) is 1.36. The zero-order valence-corrected chi connectivity index (χ0v) is 14.9. The molecule has 2 amide bonds. The van der Waals surface area contributed by atoms with E-state index in [-0.39, 0.29) is 6.03 Å². The lowest BCUT2D eigenvalue weighted by atomic mass is 10.2. The number of aromatic nitrogens is 6. The number of urea groups is 1. The van der Waals surface area contributed by atoms with E-state index in [9.17, 15) is 4.79 Å². The molecule has 0 aliphatic heterocycles. The molecule has 0 aliphatic rings. The Morgan fingerprint density at radius 3 is 1.68 bits per heavy atom. The highest BCUT2D eigenvalue weighted by Crippen LogP contribution is 2.11. The Bertz CT molecular complexity index is 960. The Balaban J connectivity index is 1.38. The second-order valence-electron chi connectivity index (χ2n) is 5.91. The molecule has 0 fully saturated rings. The van der Waals surface area contributed by atoms with E-state index in [1.165, 1.54) is 0 Å². The predicted molar refractivity (Wildman–Crippen MR) is 102 cm³/mol. The molecule has 0 saturated heterocycles. The Morgan fingerprint density at radius 2 is 1.25 bits per heavy atom. The van der Waals surface area contributed by atoms with Crippen LogP contribution in [-0.4, -0.2) is 35.6 Å². The lowest BCUT2D eigenvalue weighted by Gasteiger charge is -2.12. The number of amides is 2. The summed E-state index contributed by atoms with van der Waals surface area (Å²) in [5.41, 5.74) is 1.72. The lowest BCUT2D eigenvalue weighted by Crippen LogP contribution is -2.35. The number of carbonyl (C=O) groups excluding carboxylic acids is 1. The third-order valence-corrected chi connectivity index (χ3v) is 4.06. The highest BCUT2D eigenvalue weighted by atomic mass is 16.2. The molecule has 0 aliphatic carbocycles. The molecule has 0 spiro atoms. The van der Waals surface area contributed by atoms with Gasteiger partial charge in [0.05, 0.1) is 0 Å². The third-order valence-electron chi connectivity index (χ3n) is 4.06. The molecule has 0 aromatic carbocycles. The molecule has 9 nitrogen and oxygen atoms in total. The van der Waals surface area contributed by atoms with Gasteiger partial charge < -0.3 is 10.6 Å². The maximum absolute atomic E-state index is 12.3. The topological polar surface area (TPSA) is 103 Å². The van der Waals surface area contributed by atoms with Gasteiger partial charge in [-0.15, -0.1) is 0 Å². The average molecular weight is 374 g/mol. The molecule has 4 heterocycles. The van der Waals surface area contributed by atoms with Crippen molar-refractivity contribution in [3.63, 3.8) is 0 Å². The van der Waals surface area contributed by atoms with Crippen molar-refractivity contribution in [2.75, 3.05) is 0 Å². The van der Waals surface area contributed by atoms with E-state index in [0.717, 1.165) is 11.1 Å². The van der Waals surface area contributed by atoms with E-state index < -0.39 is 0 Å². The normalized spacial score (nSPS) is 10.6. The van der Waals surface area contributed by atoms with Crippen LogP contribution in [0, 0.1) is 0 Å². The van der Waals surface area contributed by atoms with Crippen molar-refractivity contribution in [1.29, 1.82) is 0 Å². The lowest BCUT2D eigenvalue weighted by molar-refractivity contribution is 0.240. The number of nitrogens with one attached hydrogen (secondary N) is 2. The van der Waals surface area contributed by atoms with Crippen molar-refractivity contribution in [3.05, 3.63) is 84.7 Å². The van der Waals surface area contributed by atoms with Crippen LogP contribution in [0.2, 0.25) is 0 Å². The van der Waals surface area contributed by atoms with Gasteiger partial charge in [-0.2, -0.15) is 10.2 Å². The van der Waals surface area contributed by atoms with Gasteiger partial charge >= 0.3 is 6.03 Å². The van der Waals surface area contributed by atoms with Gasteiger partial charge in [-0.3, -0.25) is 0 Å². The molecule has 0 atom stereocenters. The molecule has 140 valence electrons. The summed E-state index contributed by atoms with van der Waals surface area (Å²) in [7, 11) is 0. The molecule has 0 bridgehead atoms. The Morgan fingerprint density at radius 1 is 0.750 bits per heavy atom. The van der Waals surface area contributed by atoms with Crippen LogP contribution in [0.3, 0.4) is 0 Å². The fraction of sp³-hybridized carbons (Fsp3) is 0.105. The van der Waals surface area contributed by atoms with Gasteiger partial charge in [-0.1, -0.05) is 12.1 Å². The quantitative estimate of drug-likeness (QED) is 0.536. The SMILES string of the molecule is O=C(NCc1cccnc1-n1cccn1)NCc1cccnc1-n1cccn1. The van der Waals surface area contributed by atoms with Gasteiger partial charge in [-0.25, -0.2) is 24.1 Å². The maximum Gasteiger partial charge on any atom is 0.315 e. The summed E-state index contributed by atoms with van der Waals surface area (Å²) in [5, 5.41) is 14.1. The van der Waals surface area contributed by atoms with Crippen LogP contribution in [0.5, 0.6) is 0 Å². The van der Waals surface area contributed by atoms with Crippen molar-refractivity contribution < 1.29 is 4.79 Å². The Hall–Kier alpha value is -4.01. The number of hydrogen-bond acceptors (Lipinski definition) is 5. The van der Waals surface area contributed by atoms with Crippen LogP contribution in [-0.2, 0) is 13.1 Å². The Kier molecular flexibility index (Phi) is 5.05. The van der Waals surface area contributed by atoms with Crippen LogP contribution in [0.4, 0.5) is 4.79 Å². The molecule has 4 aromatic heterocycles. The van der Waals surface area contributed by atoms with Gasteiger partial charge in [0, 0.05) is 61.4 Å². The zero-order valence-electron chi connectivity index (χ0n) is 14.9. The van der Waals surface area contributed by atoms with E-state index in [0.29, 0.717) is 24.7 Å². The minimum absolute atomic E-state index is 0.287. The Labute approximate surface area is 161 Å². The van der Waals surface area contributed by atoms with Crippen LogP contribution in [0.15, 0.2) is 73.6 Å². The molecular weight excluding hydrogens is 356 g/mol. The first-order valence-corrected chi connectivity index (χ1v) is 8.71. The number of carbonyl (C=O) groups is 1. The zero-order chi connectivity index (χ0) is 19.2. The first-order valence-electron chi connectivity index (χ1n) is 8.71. The molecule has 4 rings (SSSR count). The summed E-state index contributed by atoms with van der Waals surface area (Å²) < 4.78 is 3.34. The second kappa shape index (κ2) is 8.12. The van der Waals surface area contributed by atoms with E-state index in [2.05, 4.69) is 30.8 Å². The van der Waals surface area contributed by atoms with Gasteiger partial charge in [-0.05, 0) is 24.3 Å². The summed E-state index contributed by atoms with van der Waals surface area (Å²) in [6.07, 6.45) is 10.4. The molecule has 9 heteroatoms. The van der Waals surface area contributed by atoms with Crippen molar-refractivity contribution in [1.82, 2.24) is 40.2 Å². The van der Waals surface area contributed by atoms with E-state index in [4.69, 9.17) is 0 Å². The van der Waals surface area contributed by atoms with Crippen LogP contribution in [0.25, 0.3) is 11.6 Å². The first-order chi connectivity index (χ1) is 13.8. The first kappa shape index (κ1) is 17.4. The minimum Gasteiger partial charge on any atom is -0.334 e. The van der Waals surface area contributed by atoms with E-state index in [1.54, 1.807) is 34.2 Å². The summed E-state index contributed by atoms with van der Waals surface area (Å²) in [6, 6.07) is 10.8. The number of pyridine rings is 2. The van der Waals surface area contributed by atoms with Gasteiger partial charge in [0.1, 0.15) is 0 Å². The number of rotatable bonds is 6. The van der Waals surface area contributed by atoms with Crippen molar-refractivity contribution >= 4 is 6.03 Å². The fourth-order valence-corrected chi connectivity index (χ4v) is 2.75. The minimum atomic E-state index is -0.287. The molecule has 28 heavy (non-hydrogen) atoms. The van der Waals surface area contributed by atoms with Crippen molar-refractivity contribution in [2.45, 2.75) is 13.1 Å². The fourth-order valence-electron chi connectivity index (χ4n) is 2.75. The number of hydrogen-bond donors (Lipinski definition) is 2. The standard InChI is InChI=1S/C19H18N8O/c28-19(22-13-15-5-1-7-20-17(15)26-11-3-9-24-26)23-14-16-6-2-8-21-18(16)27-12-4-10-25-27/h1-12H,13-14H2,(H2,22,23,28). The maximum atomic E-state index is 12.3. The van der Waals surface area contributed by atoms with Crippen molar-refractivity contribution in [3.8, 4) is 11.6 Å². The van der Waals surface area contributed by atoms with Gasteiger partial charge in [0.15, 0.2) is 11.6 Å².